The molecule has 0 saturated heterocycles. The molecule has 2 rings (SSSR count). The fraction of sp³-hybridized carbons (Fsp3) is 0.308. The first-order valence-electron chi connectivity index (χ1n) is 6.05. The lowest BCUT2D eigenvalue weighted by Gasteiger charge is -2.06. The Morgan fingerprint density at radius 3 is 2.75 bits per heavy atom. The lowest BCUT2D eigenvalue weighted by Crippen LogP contribution is -2.23. The van der Waals surface area contributed by atoms with Gasteiger partial charge in [0.05, 0.1) is 5.75 Å². The first kappa shape index (κ1) is 14.7. The molecule has 0 atom stereocenters. The number of nitrogens with one attached hydrogen (secondary N) is 2. The molecule has 0 fully saturated rings. The third kappa shape index (κ3) is 3.88. The van der Waals surface area contributed by atoms with E-state index in [0.29, 0.717) is 29.7 Å². The molecule has 1 aromatic carbocycles. The summed E-state index contributed by atoms with van der Waals surface area (Å²) < 4.78 is 35.0. The van der Waals surface area contributed by atoms with Crippen LogP contribution in [0.15, 0.2) is 29.1 Å². The molecule has 0 unspecified atom stereocenters. The Kier molecular flexibility index (Phi) is 4.20. The van der Waals surface area contributed by atoms with Crippen LogP contribution in [0, 0.1) is 5.82 Å². The minimum absolute atomic E-state index is 0.0377. The van der Waals surface area contributed by atoms with E-state index in [1.54, 1.807) is 0 Å². The number of fused-ring (bicyclic) bond motifs is 1. The van der Waals surface area contributed by atoms with Crippen LogP contribution in [0.25, 0.3) is 10.9 Å². The first-order chi connectivity index (χ1) is 9.35. The molecule has 5 nitrogen and oxygen atoms in total. The lowest BCUT2D eigenvalue weighted by molar-refractivity contribution is 0.596. The Labute approximate surface area is 115 Å². The van der Waals surface area contributed by atoms with E-state index in [9.17, 15) is 17.6 Å². The van der Waals surface area contributed by atoms with Gasteiger partial charge in [0.2, 0.25) is 0 Å². The Morgan fingerprint density at radius 2 is 2.05 bits per heavy atom. The number of sulfone groups is 1. The number of aromatic amines is 1. The second-order valence-electron chi connectivity index (χ2n) is 4.66. The molecule has 0 aliphatic rings. The van der Waals surface area contributed by atoms with Crippen molar-refractivity contribution in [3.63, 3.8) is 0 Å². The van der Waals surface area contributed by atoms with Gasteiger partial charge in [-0.3, -0.25) is 4.79 Å². The van der Waals surface area contributed by atoms with Crippen molar-refractivity contribution in [3.8, 4) is 0 Å². The van der Waals surface area contributed by atoms with Crippen LogP contribution >= 0.6 is 0 Å². The van der Waals surface area contributed by atoms with E-state index >= 15 is 0 Å². The average molecular weight is 298 g/mol. The standard InChI is InChI=1S/C13H15FN2O3S/c1-20(18,19)5-4-15-8-10-7-13(17)11-6-9(14)2-3-12(11)16-10/h2-3,6-7,15H,4-5,8H2,1H3,(H,16,17). The molecule has 20 heavy (non-hydrogen) atoms. The monoisotopic (exact) mass is 298 g/mol. The molecule has 0 radical (unpaired) electrons. The van der Waals surface area contributed by atoms with Crippen molar-refractivity contribution in [2.24, 2.45) is 0 Å². The highest BCUT2D eigenvalue weighted by atomic mass is 32.2. The molecule has 1 aromatic heterocycles. The molecule has 7 heteroatoms. The molecule has 0 spiro atoms. The molecule has 0 aliphatic carbocycles. The van der Waals surface area contributed by atoms with Crippen molar-refractivity contribution < 1.29 is 12.8 Å². The van der Waals surface area contributed by atoms with Crippen molar-refractivity contribution in [3.05, 3.63) is 46.0 Å². The molecule has 2 aromatic rings. The third-order valence-electron chi connectivity index (χ3n) is 2.81. The molecule has 1 heterocycles. The molecular weight excluding hydrogens is 283 g/mol. The summed E-state index contributed by atoms with van der Waals surface area (Å²) in [5, 5.41) is 3.23. The summed E-state index contributed by atoms with van der Waals surface area (Å²) in [6, 6.07) is 5.36. The second kappa shape index (κ2) is 5.72. The van der Waals surface area contributed by atoms with Crippen LogP contribution in [0.5, 0.6) is 0 Å². The van der Waals surface area contributed by atoms with Gasteiger partial charge in [0.1, 0.15) is 15.7 Å². The minimum Gasteiger partial charge on any atom is -0.357 e. The average Bonchev–Trinajstić information content (AvgIpc) is 2.34. The Balaban J connectivity index is 2.12. The quantitative estimate of drug-likeness (QED) is 0.800. The summed E-state index contributed by atoms with van der Waals surface area (Å²) in [6.45, 7) is 0.653. The number of aromatic nitrogens is 1. The van der Waals surface area contributed by atoms with E-state index in [1.807, 2.05) is 0 Å². The maximum Gasteiger partial charge on any atom is 0.189 e. The number of hydrogen-bond acceptors (Lipinski definition) is 4. The van der Waals surface area contributed by atoms with E-state index in [4.69, 9.17) is 0 Å². The van der Waals surface area contributed by atoms with Crippen LogP contribution < -0.4 is 10.7 Å². The van der Waals surface area contributed by atoms with Crippen LogP contribution in [0.4, 0.5) is 4.39 Å². The number of rotatable bonds is 5. The topological polar surface area (TPSA) is 79.0 Å². The van der Waals surface area contributed by atoms with Gasteiger partial charge in [-0.25, -0.2) is 12.8 Å². The van der Waals surface area contributed by atoms with Crippen molar-refractivity contribution in [1.29, 1.82) is 0 Å². The number of H-pyrrole nitrogens is 1. The fourth-order valence-electron chi connectivity index (χ4n) is 1.85. The van der Waals surface area contributed by atoms with Crippen molar-refractivity contribution in [2.75, 3.05) is 18.6 Å². The van der Waals surface area contributed by atoms with Crippen LogP contribution in [0.1, 0.15) is 5.69 Å². The number of halogens is 1. The molecule has 2 N–H and O–H groups in total. The largest absolute Gasteiger partial charge is 0.357 e. The molecule has 0 aliphatic heterocycles. The second-order valence-corrected chi connectivity index (χ2v) is 6.92. The van der Waals surface area contributed by atoms with Gasteiger partial charge in [0.25, 0.3) is 0 Å². The van der Waals surface area contributed by atoms with Gasteiger partial charge in [-0.1, -0.05) is 0 Å². The van der Waals surface area contributed by atoms with Crippen LogP contribution in [0.3, 0.4) is 0 Å². The summed E-state index contributed by atoms with van der Waals surface area (Å²) in [4.78, 5) is 14.8. The van der Waals surface area contributed by atoms with Crippen LogP contribution in [-0.2, 0) is 16.4 Å². The van der Waals surface area contributed by atoms with Crippen molar-refractivity contribution in [1.82, 2.24) is 10.3 Å². The summed E-state index contributed by atoms with van der Waals surface area (Å²) >= 11 is 0. The van der Waals surface area contributed by atoms with E-state index in [1.165, 1.54) is 30.5 Å². The van der Waals surface area contributed by atoms with Gasteiger partial charge >= 0.3 is 0 Å². The fourth-order valence-corrected chi connectivity index (χ4v) is 2.37. The zero-order valence-electron chi connectivity index (χ0n) is 10.9. The minimum atomic E-state index is -3.00. The normalized spacial score (nSPS) is 11.9. The number of pyridine rings is 1. The zero-order chi connectivity index (χ0) is 14.8. The van der Waals surface area contributed by atoms with Gasteiger partial charge < -0.3 is 10.3 Å². The van der Waals surface area contributed by atoms with E-state index in [0.717, 1.165) is 0 Å². The Bertz CT molecular complexity index is 784. The molecule has 0 saturated carbocycles. The first-order valence-corrected chi connectivity index (χ1v) is 8.11. The van der Waals surface area contributed by atoms with E-state index < -0.39 is 15.7 Å². The SMILES string of the molecule is CS(=O)(=O)CCNCc1cc(=O)c2cc(F)ccc2[nH]1. The van der Waals surface area contributed by atoms with Gasteiger partial charge in [0, 0.05) is 42.0 Å². The van der Waals surface area contributed by atoms with E-state index in [-0.39, 0.29) is 11.2 Å². The Hall–Kier alpha value is -1.73. The van der Waals surface area contributed by atoms with Crippen molar-refractivity contribution in [2.45, 2.75) is 6.54 Å². The highest BCUT2D eigenvalue weighted by Crippen LogP contribution is 2.10. The van der Waals surface area contributed by atoms with Crippen LogP contribution in [0.2, 0.25) is 0 Å². The third-order valence-corrected chi connectivity index (χ3v) is 3.76. The van der Waals surface area contributed by atoms with Crippen molar-refractivity contribution >= 4 is 20.7 Å². The summed E-state index contributed by atoms with van der Waals surface area (Å²) in [6.07, 6.45) is 1.17. The highest BCUT2D eigenvalue weighted by Gasteiger charge is 2.04. The maximum absolute atomic E-state index is 13.1. The smallest absolute Gasteiger partial charge is 0.189 e. The number of benzene rings is 1. The molecule has 108 valence electrons. The molecule has 0 bridgehead atoms. The van der Waals surface area contributed by atoms with E-state index in [2.05, 4.69) is 10.3 Å². The van der Waals surface area contributed by atoms with Gasteiger partial charge in [-0.05, 0) is 18.2 Å². The number of hydrogen-bond donors (Lipinski definition) is 2. The maximum atomic E-state index is 13.1. The lowest BCUT2D eigenvalue weighted by atomic mass is 10.2. The predicted molar refractivity (Wildman–Crippen MR) is 75.9 cm³/mol. The molecular formula is C13H15FN2O3S. The molecule has 0 amide bonds. The highest BCUT2D eigenvalue weighted by molar-refractivity contribution is 7.90. The summed E-state index contributed by atoms with van der Waals surface area (Å²) in [5.41, 5.74) is 0.916. The van der Waals surface area contributed by atoms with Gasteiger partial charge in [-0.2, -0.15) is 0 Å². The van der Waals surface area contributed by atoms with Gasteiger partial charge in [-0.15, -0.1) is 0 Å². The predicted octanol–water partition coefficient (Wildman–Crippen LogP) is 0.801. The zero-order valence-corrected chi connectivity index (χ0v) is 11.8. The van der Waals surface area contributed by atoms with Gasteiger partial charge in [0.15, 0.2) is 5.43 Å². The summed E-state index contributed by atoms with van der Waals surface area (Å²) in [7, 11) is -3.00. The Morgan fingerprint density at radius 1 is 1.30 bits per heavy atom. The summed E-state index contributed by atoms with van der Waals surface area (Å²) in [5.74, 6) is -0.419. The van der Waals surface area contributed by atoms with Crippen LogP contribution in [-0.4, -0.2) is 32.0 Å².